The maximum Gasteiger partial charge on any atom is 2.00 e. The molecule has 3 unspecified atom stereocenters. The molecule has 0 aromatic carbocycles. The van der Waals surface area contributed by atoms with E-state index in [9.17, 15) is 39.0 Å². The number of carboxylic acids is 6. The third-order valence-corrected chi connectivity index (χ3v) is 1.93. The molecule has 188 valence electrons. The van der Waals surface area contributed by atoms with Crippen LogP contribution < -0.4 is 34.8 Å². The van der Waals surface area contributed by atoms with Gasteiger partial charge in [-0.05, 0) is 0 Å². The average molecular weight is 534 g/mol. The first kappa shape index (κ1) is 51.6. The summed E-state index contributed by atoms with van der Waals surface area (Å²) in [5.74, 6) is -9.12. The number of carbonyl (C=O) groups excluding carboxylic acids is 2. The minimum atomic E-state index is -1.90. The van der Waals surface area contributed by atoms with Crippen molar-refractivity contribution in [3.8, 4) is 0 Å². The van der Waals surface area contributed by atoms with Crippen molar-refractivity contribution in [3.63, 3.8) is 0 Å². The van der Waals surface area contributed by atoms with E-state index in [-0.39, 0.29) is 44.1 Å². The standard InChI is InChI=1S/3C4H6O5.4H3N.Zn/c3*5-2(4(8)9)1-3(6)7;;;;;/h3*2,5H,1H2,(H,6,7)(H,8,9);4*1H3;/q;;;;;;;+2/p-2. The fourth-order valence-electron chi connectivity index (χ4n) is 0.750. The van der Waals surface area contributed by atoms with Gasteiger partial charge in [-0.2, -0.15) is 0 Å². The Morgan fingerprint density at radius 1 is 0.531 bits per heavy atom. The first-order chi connectivity index (χ1) is 12.1. The molecule has 0 bridgehead atoms. The third-order valence-electron chi connectivity index (χ3n) is 1.93. The minimum Gasteiger partial charge on any atom is -0.547 e. The molecule has 0 rings (SSSR count). The average Bonchev–Trinajstić information content (AvgIpc) is 2.46. The van der Waals surface area contributed by atoms with E-state index < -0.39 is 73.4 Å². The van der Waals surface area contributed by atoms with Crippen molar-refractivity contribution in [2.45, 2.75) is 37.6 Å². The Morgan fingerprint density at radius 2 is 0.719 bits per heavy atom. The molecule has 0 aliphatic heterocycles. The van der Waals surface area contributed by atoms with Crippen molar-refractivity contribution < 1.29 is 94.2 Å². The molecule has 0 heterocycles. The van der Waals surface area contributed by atoms with Crippen LogP contribution in [-0.4, -0.2) is 89.9 Å². The SMILES string of the molecule is N.N.N.N.O=C(O)CC(O)C(=O)O.O=C(O)CC(O)C(=O)[O-].O=C(O)CC(O)C(=O)[O-].[Zn+2]. The minimum absolute atomic E-state index is 0. The smallest absolute Gasteiger partial charge is 0.547 e. The third kappa shape index (κ3) is 41.5. The van der Waals surface area contributed by atoms with E-state index in [0.29, 0.717) is 0 Å². The Bertz CT molecular complexity index is 486. The normalized spacial score (nSPS) is 10.6. The Balaban J connectivity index is -0.0000000417. The van der Waals surface area contributed by atoms with Gasteiger partial charge in [-0.1, -0.05) is 0 Å². The zero-order valence-corrected chi connectivity index (χ0v) is 19.8. The van der Waals surface area contributed by atoms with Gasteiger partial charge in [0.2, 0.25) is 0 Å². The van der Waals surface area contributed by atoms with Gasteiger partial charge in [0.1, 0.15) is 12.2 Å². The number of aliphatic hydroxyl groups excluding tert-OH is 3. The van der Waals surface area contributed by atoms with E-state index >= 15 is 0 Å². The van der Waals surface area contributed by atoms with E-state index in [1.165, 1.54) is 0 Å². The molecular formula is C12H28N4O15Zn. The van der Waals surface area contributed by atoms with Gasteiger partial charge < -0.3 is 80.2 Å². The molecule has 0 amide bonds. The van der Waals surface area contributed by atoms with Crippen molar-refractivity contribution in [1.82, 2.24) is 24.6 Å². The van der Waals surface area contributed by atoms with Crippen molar-refractivity contribution in [1.29, 1.82) is 0 Å². The summed E-state index contributed by atoms with van der Waals surface area (Å²) in [7, 11) is 0. The van der Waals surface area contributed by atoms with Gasteiger partial charge in [0.05, 0.1) is 31.2 Å². The van der Waals surface area contributed by atoms with Gasteiger partial charge in [0.15, 0.2) is 6.10 Å². The number of hydrogen-bond acceptors (Lipinski definition) is 15. The quantitative estimate of drug-likeness (QED) is 0.123. The van der Waals surface area contributed by atoms with E-state index in [1.54, 1.807) is 0 Å². The Labute approximate surface area is 192 Å². The van der Waals surface area contributed by atoms with Crippen molar-refractivity contribution >= 4 is 35.8 Å². The predicted octanol–water partition coefficient (Wildman–Crippen LogP) is -5.30. The van der Waals surface area contributed by atoms with Gasteiger partial charge in [0.25, 0.3) is 0 Å². The molecule has 0 radical (unpaired) electrons. The number of carboxylic acid groups (broad SMARTS) is 6. The van der Waals surface area contributed by atoms with Crippen molar-refractivity contribution in [3.05, 3.63) is 0 Å². The number of aliphatic carboxylic acids is 6. The fraction of sp³-hybridized carbons (Fsp3) is 0.500. The molecule has 3 atom stereocenters. The van der Waals surface area contributed by atoms with Crippen molar-refractivity contribution in [2.75, 3.05) is 0 Å². The molecule has 0 aromatic heterocycles. The van der Waals surface area contributed by atoms with Crippen LogP contribution in [0.5, 0.6) is 0 Å². The monoisotopic (exact) mass is 532 g/mol. The van der Waals surface area contributed by atoms with Crippen LogP contribution in [0.4, 0.5) is 0 Å². The molecular weight excluding hydrogens is 506 g/mol. The second-order valence-electron chi connectivity index (χ2n) is 4.32. The summed E-state index contributed by atoms with van der Waals surface area (Å²) < 4.78 is 0. The molecule has 0 saturated heterocycles. The van der Waals surface area contributed by atoms with Crippen LogP contribution in [-0.2, 0) is 48.2 Å². The number of hydrogen-bond donors (Lipinski definition) is 11. The van der Waals surface area contributed by atoms with E-state index in [4.69, 9.17) is 35.7 Å². The molecule has 0 aliphatic carbocycles. The number of carbonyl (C=O) groups is 6. The summed E-state index contributed by atoms with van der Waals surface area (Å²) in [5, 5.41) is 75.6. The topological polar surface area (TPSA) is 430 Å². The van der Waals surface area contributed by atoms with Gasteiger partial charge >= 0.3 is 43.4 Å². The van der Waals surface area contributed by atoms with Crippen LogP contribution in [0.1, 0.15) is 19.3 Å². The van der Waals surface area contributed by atoms with E-state index in [1.807, 2.05) is 0 Å². The second kappa shape index (κ2) is 28.2. The maximum absolute atomic E-state index is 9.72. The predicted molar refractivity (Wildman–Crippen MR) is 92.5 cm³/mol. The maximum atomic E-state index is 9.72. The first-order valence-electron chi connectivity index (χ1n) is 6.45. The summed E-state index contributed by atoms with van der Waals surface area (Å²) in [5.41, 5.74) is 0. The molecule has 0 aliphatic rings. The summed E-state index contributed by atoms with van der Waals surface area (Å²) in [6, 6.07) is 0. The van der Waals surface area contributed by atoms with Crippen LogP contribution in [0.2, 0.25) is 0 Å². The van der Waals surface area contributed by atoms with E-state index in [2.05, 4.69) is 0 Å². The molecule has 20 heteroatoms. The summed E-state index contributed by atoms with van der Waals surface area (Å²) in [4.78, 5) is 58.0. The van der Waals surface area contributed by atoms with Gasteiger partial charge in [-0.3, -0.25) is 14.4 Å². The zero-order chi connectivity index (χ0) is 22.3. The Kier molecular flexibility index (Phi) is 45.5. The number of rotatable bonds is 9. The zero-order valence-electron chi connectivity index (χ0n) is 16.8. The van der Waals surface area contributed by atoms with Gasteiger partial charge in [0, 0.05) is 0 Å². The molecule has 0 saturated carbocycles. The first-order valence-corrected chi connectivity index (χ1v) is 6.45. The van der Waals surface area contributed by atoms with Crippen LogP contribution in [0.25, 0.3) is 0 Å². The fourth-order valence-corrected chi connectivity index (χ4v) is 0.750. The van der Waals surface area contributed by atoms with E-state index in [0.717, 1.165) is 0 Å². The molecule has 0 spiro atoms. The summed E-state index contributed by atoms with van der Waals surface area (Å²) >= 11 is 0. The molecule has 0 aromatic rings. The van der Waals surface area contributed by atoms with Gasteiger partial charge in [-0.25, -0.2) is 4.79 Å². The Morgan fingerprint density at radius 3 is 0.781 bits per heavy atom. The van der Waals surface area contributed by atoms with Crippen molar-refractivity contribution in [2.24, 2.45) is 0 Å². The van der Waals surface area contributed by atoms with Crippen LogP contribution >= 0.6 is 0 Å². The largest absolute Gasteiger partial charge is 2.00 e. The van der Waals surface area contributed by atoms with Crippen LogP contribution in [0.15, 0.2) is 0 Å². The molecule has 19 N–H and O–H groups in total. The van der Waals surface area contributed by atoms with Crippen LogP contribution in [0.3, 0.4) is 0 Å². The van der Waals surface area contributed by atoms with Gasteiger partial charge in [-0.15, -0.1) is 0 Å². The molecule has 32 heavy (non-hydrogen) atoms. The molecule has 19 nitrogen and oxygen atoms in total. The summed E-state index contributed by atoms with van der Waals surface area (Å²) in [6.45, 7) is 0. The summed E-state index contributed by atoms with van der Waals surface area (Å²) in [6.07, 6.45) is -7.98. The van der Waals surface area contributed by atoms with Crippen LogP contribution in [0, 0.1) is 0 Å². The Hall–Kier alpha value is -2.84. The number of aliphatic hydroxyl groups is 3. The second-order valence-corrected chi connectivity index (χ2v) is 4.32. The molecule has 0 fully saturated rings.